The molecule has 88 valence electrons. The van der Waals surface area contributed by atoms with E-state index in [-0.39, 0.29) is 0 Å². The van der Waals surface area contributed by atoms with E-state index < -0.39 is 0 Å². The molecule has 2 rings (SSSR count). The highest BCUT2D eigenvalue weighted by Crippen LogP contribution is 2.17. The molecule has 17 heavy (non-hydrogen) atoms. The number of unbranched alkanes of at least 4 members (excludes halogenated alkanes) is 1. The number of hydrogen-bond acceptors (Lipinski definition) is 0. The molecule has 2 aromatic carbocycles. The minimum atomic E-state index is 1.18. The van der Waals surface area contributed by atoms with Crippen LogP contribution in [0.5, 0.6) is 0 Å². The van der Waals surface area contributed by atoms with E-state index in [9.17, 15) is 0 Å². The fraction of sp³-hybridized carbons (Fsp3) is 0.294. The van der Waals surface area contributed by atoms with E-state index in [1.165, 1.54) is 41.2 Å². The van der Waals surface area contributed by atoms with Crippen molar-refractivity contribution in [1.82, 2.24) is 0 Å². The Balaban J connectivity index is 2.02. The van der Waals surface area contributed by atoms with Gasteiger partial charge in [-0.15, -0.1) is 0 Å². The van der Waals surface area contributed by atoms with Crippen LogP contribution >= 0.6 is 0 Å². The maximum atomic E-state index is 2.32. The summed E-state index contributed by atoms with van der Waals surface area (Å²) in [5.74, 6) is 0. The van der Waals surface area contributed by atoms with Crippen molar-refractivity contribution in [3.8, 4) is 0 Å². The van der Waals surface area contributed by atoms with Crippen LogP contribution in [0.25, 0.3) is 10.8 Å². The molecule has 0 heteroatoms. The molecule has 0 heterocycles. The van der Waals surface area contributed by atoms with Gasteiger partial charge in [0.25, 0.3) is 0 Å². The first-order chi connectivity index (χ1) is 8.25. The molecule has 0 saturated heterocycles. The summed E-state index contributed by atoms with van der Waals surface area (Å²) in [4.78, 5) is 0. The molecular formula is C17H20. The summed E-state index contributed by atoms with van der Waals surface area (Å²) in [6.07, 6.45) is 5.92. The van der Waals surface area contributed by atoms with Crippen molar-refractivity contribution in [2.24, 2.45) is 0 Å². The molecule has 0 aliphatic carbocycles. The number of rotatable bonds is 4. The van der Waals surface area contributed by atoms with Gasteiger partial charge in [0.1, 0.15) is 0 Å². The molecule has 0 aromatic heterocycles. The average molecular weight is 224 g/mol. The Morgan fingerprint density at radius 2 is 1.76 bits per heavy atom. The van der Waals surface area contributed by atoms with Crippen LogP contribution in [0.2, 0.25) is 0 Å². The molecular weight excluding hydrogens is 204 g/mol. The first-order valence-electron chi connectivity index (χ1n) is 6.37. The highest BCUT2D eigenvalue weighted by Gasteiger charge is 1.95. The van der Waals surface area contributed by atoms with Crippen LogP contribution in [0.4, 0.5) is 0 Å². The van der Waals surface area contributed by atoms with Gasteiger partial charge in [-0.25, -0.2) is 0 Å². The maximum absolute atomic E-state index is 2.32. The van der Waals surface area contributed by atoms with Crippen LogP contribution in [-0.4, -0.2) is 0 Å². The lowest BCUT2D eigenvalue weighted by atomic mass is 10.0. The van der Waals surface area contributed by atoms with Crippen LogP contribution < -0.4 is 0 Å². The molecule has 0 aliphatic heterocycles. The minimum absolute atomic E-state index is 1.18. The molecule has 0 bridgehead atoms. The van der Waals surface area contributed by atoms with Crippen molar-refractivity contribution in [2.75, 3.05) is 0 Å². The van der Waals surface area contributed by atoms with Crippen LogP contribution in [0, 0.1) is 0 Å². The largest absolute Gasteiger partial charge is 0.0859 e. The highest BCUT2D eigenvalue weighted by molar-refractivity contribution is 5.82. The minimum Gasteiger partial charge on any atom is -0.0859 e. The summed E-state index contributed by atoms with van der Waals surface area (Å²) in [7, 11) is 0. The highest BCUT2D eigenvalue weighted by atomic mass is 14.0. The molecule has 0 radical (unpaired) electrons. The first kappa shape index (κ1) is 11.9. The zero-order valence-electron chi connectivity index (χ0n) is 10.7. The topological polar surface area (TPSA) is 0 Å². The smallest absolute Gasteiger partial charge is 0.0181 e. The number of aryl methyl sites for hydroxylation is 1. The van der Waals surface area contributed by atoms with Gasteiger partial charge in [-0.3, -0.25) is 0 Å². The van der Waals surface area contributed by atoms with Gasteiger partial charge < -0.3 is 0 Å². The SMILES string of the molecule is CC(C)=CCCCc1ccc2ccccc2c1. The third kappa shape index (κ3) is 3.45. The number of benzene rings is 2. The normalized spacial score (nSPS) is 10.5. The van der Waals surface area contributed by atoms with Gasteiger partial charge in [0.15, 0.2) is 0 Å². The lowest BCUT2D eigenvalue weighted by molar-refractivity contribution is 0.839. The average Bonchev–Trinajstić information content (AvgIpc) is 2.34. The molecule has 0 spiro atoms. The Morgan fingerprint density at radius 3 is 2.53 bits per heavy atom. The second kappa shape index (κ2) is 5.67. The van der Waals surface area contributed by atoms with E-state index in [1.54, 1.807) is 0 Å². The molecule has 0 fully saturated rings. The van der Waals surface area contributed by atoms with Gasteiger partial charge in [-0.05, 0) is 49.4 Å². The van der Waals surface area contributed by atoms with Crippen molar-refractivity contribution in [3.05, 3.63) is 59.7 Å². The monoisotopic (exact) mass is 224 g/mol. The van der Waals surface area contributed by atoms with Gasteiger partial charge in [0.05, 0.1) is 0 Å². The van der Waals surface area contributed by atoms with Gasteiger partial charge in [-0.1, -0.05) is 54.1 Å². The molecule has 0 unspecified atom stereocenters. The summed E-state index contributed by atoms with van der Waals surface area (Å²) in [6.45, 7) is 4.33. The molecule has 0 nitrogen and oxygen atoms in total. The van der Waals surface area contributed by atoms with Crippen LogP contribution in [0.3, 0.4) is 0 Å². The lowest BCUT2D eigenvalue weighted by Gasteiger charge is -2.03. The summed E-state index contributed by atoms with van der Waals surface area (Å²) >= 11 is 0. The van der Waals surface area contributed by atoms with E-state index in [2.05, 4.69) is 62.4 Å². The summed E-state index contributed by atoms with van der Waals surface area (Å²) in [5.41, 5.74) is 2.87. The quantitative estimate of drug-likeness (QED) is 0.499. The van der Waals surface area contributed by atoms with E-state index in [0.29, 0.717) is 0 Å². The molecule has 0 saturated carbocycles. The number of hydrogen-bond donors (Lipinski definition) is 0. The van der Waals surface area contributed by atoms with E-state index in [0.717, 1.165) is 0 Å². The molecule has 2 aromatic rings. The lowest BCUT2D eigenvalue weighted by Crippen LogP contribution is -1.85. The Kier molecular flexibility index (Phi) is 3.98. The van der Waals surface area contributed by atoms with Gasteiger partial charge in [-0.2, -0.15) is 0 Å². The number of fused-ring (bicyclic) bond motifs is 1. The predicted molar refractivity (Wildman–Crippen MR) is 76.3 cm³/mol. The zero-order valence-corrected chi connectivity index (χ0v) is 10.7. The van der Waals surface area contributed by atoms with Gasteiger partial charge in [0, 0.05) is 0 Å². The fourth-order valence-corrected chi connectivity index (χ4v) is 2.09. The van der Waals surface area contributed by atoms with Crippen LogP contribution in [-0.2, 0) is 6.42 Å². The second-order valence-corrected chi connectivity index (χ2v) is 4.86. The Labute approximate surface area is 104 Å². The Morgan fingerprint density at radius 1 is 1.00 bits per heavy atom. The summed E-state index contributed by atoms with van der Waals surface area (Å²) in [6, 6.07) is 15.4. The van der Waals surface area contributed by atoms with Crippen LogP contribution in [0.1, 0.15) is 32.3 Å². The Hall–Kier alpha value is -1.56. The first-order valence-corrected chi connectivity index (χ1v) is 6.37. The van der Waals surface area contributed by atoms with Crippen molar-refractivity contribution >= 4 is 10.8 Å². The summed E-state index contributed by atoms with van der Waals surface area (Å²) < 4.78 is 0. The standard InChI is InChI=1S/C17H20/c1-14(2)7-3-4-8-15-11-12-16-9-5-6-10-17(16)13-15/h5-7,9-13H,3-4,8H2,1-2H3. The Bertz CT molecular complexity index is 516. The van der Waals surface area contributed by atoms with Gasteiger partial charge >= 0.3 is 0 Å². The van der Waals surface area contributed by atoms with E-state index in [4.69, 9.17) is 0 Å². The fourth-order valence-electron chi connectivity index (χ4n) is 2.09. The second-order valence-electron chi connectivity index (χ2n) is 4.86. The van der Waals surface area contributed by atoms with Crippen molar-refractivity contribution in [1.29, 1.82) is 0 Å². The van der Waals surface area contributed by atoms with Crippen molar-refractivity contribution in [3.63, 3.8) is 0 Å². The zero-order chi connectivity index (χ0) is 12.1. The molecule has 0 atom stereocenters. The third-order valence-corrected chi connectivity index (χ3v) is 3.04. The van der Waals surface area contributed by atoms with E-state index >= 15 is 0 Å². The van der Waals surface area contributed by atoms with Crippen molar-refractivity contribution in [2.45, 2.75) is 33.1 Å². The maximum Gasteiger partial charge on any atom is -0.0181 e. The van der Waals surface area contributed by atoms with E-state index in [1.807, 2.05) is 0 Å². The number of allylic oxidation sites excluding steroid dienone is 2. The molecule has 0 aliphatic rings. The third-order valence-electron chi connectivity index (χ3n) is 3.04. The molecule has 0 amide bonds. The predicted octanol–water partition coefficient (Wildman–Crippen LogP) is 5.13. The van der Waals surface area contributed by atoms with Gasteiger partial charge in [0.2, 0.25) is 0 Å². The molecule has 0 N–H and O–H groups in total. The van der Waals surface area contributed by atoms with Crippen molar-refractivity contribution < 1.29 is 0 Å². The van der Waals surface area contributed by atoms with Crippen LogP contribution in [0.15, 0.2) is 54.1 Å². The summed E-state index contributed by atoms with van der Waals surface area (Å²) in [5, 5.41) is 2.69.